The van der Waals surface area contributed by atoms with Crippen molar-refractivity contribution in [2.45, 2.75) is 30.7 Å². The fourth-order valence-corrected chi connectivity index (χ4v) is 3.41. The number of benzene rings is 1. The van der Waals surface area contributed by atoms with Gasteiger partial charge in [0.05, 0.1) is 11.5 Å². The topological polar surface area (TPSA) is 111 Å². The van der Waals surface area contributed by atoms with E-state index in [4.69, 9.17) is 10.5 Å². The first-order chi connectivity index (χ1) is 11.3. The normalized spacial score (nSPS) is 16.0. The van der Waals surface area contributed by atoms with Crippen LogP contribution in [0.5, 0.6) is 0 Å². The summed E-state index contributed by atoms with van der Waals surface area (Å²) in [6.45, 7) is 2.61. The van der Waals surface area contributed by atoms with Crippen molar-refractivity contribution in [3.05, 3.63) is 29.3 Å². The third-order valence-corrected chi connectivity index (χ3v) is 5.55. The molecule has 1 atom stereocenters. The number of rotatable bonds is 9. The van der Waals surface area contributed by atoms with Crippen LogP contribution >= 0.6 is 0 Å². The van der Waals surface area contributed by atoms with E-state index in [2.05, 4.69) is 10.0 Å². The predicted molar refractivity (Wildman–Crippen MR) is 91.3 cm³/mol. The standard InChI is InChI=1S/C16H25N3O4S/c1-11-3-6-13(24(21,22)19-7-8-23-2)9-14(11)16(20)18-10-15(17)12-4-5-12/h3,6,9,12,15,19H,4-5,7-8,10,17H2,1-2H3,(H,18,20). The highest BCUT2D eigenvalue weighted by atomic mass is 32.2. The van der Waals surface area contributed by atoms with Crippen molar-refractivity contribution in [2.24, 2.45) is 11.7 Å². The molecule has 1 aliphatic rings. The van der Waals surface area contributed by atoms with Gasteiger partial charge in [-0.2, -0.15) is 0 Å². The second-order valence-corrected chi connectivity index (χ2v) is 7.85. The molecular weight excluding hydrogens is 330 g/mol. The molecule has 0 saturated heterocycles. The van der Waals surface area contributed by atoms with Gasteiger partial charge in [-0.15, -0.1) is 0 Å². The summed E-state index contributed by atoms with van der Waals surface area (Å²) in [7, 11) is -2.18. The van der Waals surface area contributed by atoms with E-state index >= 15 is 0 Å². The third kappa shape index (κ3) is 5.01. The Hall–Kier alpha value is -1.48. The van der Waals surface area contributed by atoms with Gasteiger partial charge in [0.15, 0.2) is 0 Å². The minimum absolute atomic E-state index is 0.0446. The quantitative estimate of drug-likeness (QED) is 0.555. The fraction of sp³-hybridized carbons (Fsp3) is 0.562. The molecule has 134 valence electrons. The molecule has 1 aromatic rings. The highest BCUT2D eigenvalue weighted by Crippen LogP contribution is 2.31. The smallest absolute Gasteiger partial charge is 0.251 e. The minimum atomic E-state index is -3.67. The van der Waals surface area contributed by atoms with Gasteiger partial charge in [-0.25, -0.2) is 13.1 Å². The second-order valence-electron chi connectivity index (χ2n) is 6.08. The van der Waals surface area contributed by atoms with Crippen molar-refractivity contribution in [2.75, 3.05) is 26.8 Å². The maximum atomic E-state index is 12.4. The van der Waals surface area contributed by atoms with E-state index in [1.807, 2.05) is 0 Å². The molecule has 1 aliphatic carbocycles. The van der Waals surface area contributed by atoms with Gasteiger partial charge in [-0.05, 0) is 43.4 Å². The molecule has 1 aromatic carbocycles. The van der Waals surface area contributed by atoms with Crippen LogP contribution in [0.15, 0.2) is 23.1 Å². The lowest BCUT2D eigenvalue weighted by Gasteiger charge is -2.14. The van der Waals surface area contributed by atoms with E-state index in [1.54, 1.807) is 13.0 Å². The van der Waals surface area contributed by atoms with E-state index in [-0.39, 0.29) is 30.0 Å². The minimum Gasteiger partial charge on any atom is -0.383 e. The molecule has 0 radical (unpaired) electrons. The first-order valence-electron chi connectivity index (χ1n) is 7.98. The number of carbonyl (C=O) groups is 1. The summed E-state index contributed by atoms with van der Waals surface area (Å²) in [6, 6.07) is 4.46. The largest absolute Gasteiger partial charge is 0.383 e. The van der Waals surface area contributed by atoms with Gasteiger partial charge in [0.2, 0.25) is 10.0 Å². The van der Waals surface area contributed by atoms with E-state index in [0.29, 0.717) is 23.6 Å². The monoisotopic (exact) mass is 355 g/mol. The van der Waals surface area contributed by atoms with Crippen molar-refractivity contribution in [1.29, 1.82) is 0 Å². The number of hydrogen-bond acceptors (Lipinski definition) is 5. The van der Waals surface area contributed by atoms with Gasteiger partial charge in [0.1, 0.15) is 0 Å². The Morgan fingerprint density at radius 1 is 1.42 bits per heavy atom. The van der Waals surface area contributed by atoms with E-state index in [0.717, 1.165) is 12.8 Å². The molecule has 1 unspecified atom stereocenters. The lowest BCUT2D eigenvalue weighted by molar-refractivity contribution is 0.0949. The Balaban J connectivity index is 2.07. The van der Waals surface area contributed by atoms with E-state index in [1.165, 1.54) is 19.2 Å². The third-order valence-electron chi connectivity index (χ3n) is 4.09. The summed E-state index contributed by atoms with van der Waals surface area (Å²) < 4.78 is 31.7. The van der Waals surface area contributed by atoms with Gasteiger partial charge < -0.3 is 15.8 Å². The molecule has 1 saturated carbocycles. The number of nitrogens with two attached hydrogens (primary N) is 1. The molecule has 0 aliphatic heterocycles. The summed E-state index contributed by atoms with van der Waals surface area (Å²) in [5.41, 5.74) is 7.03. The molecule has 0 heterocycles. The molecule has 24 heavy (non-hydrogen) atoms. The summed E-state index contributed by atoms with van der Waals surface area (Å²) >= 11 is 0. The van der Waals surface area contributed by atoms with Gasteiger partial charge in [-0.3, -0.25) is 4.79 Å². The maximum Gasteiger partial charge on any atom is 0.251 e. The number of carbonyl (C=O) groups excluding carboxylic acids is 1. The second kappa shape index (κ2) is 8.06. The van der Waals surface area contributed by atoms with Gasteiger partial charge >= 0.3 is 0 Å². The molecule has 0 bridgehead atoms. The molecular formula is C16H25N3O4S. The lowest BCUT2D eigenvalue weighted by Crippen LogP contribution is -2.38. The number of hydrogen-bond donors (Lipinski definition) is 3. The average molecular weight is 355 g/mol. The Labute approximate surface area is 143 Å². The van der Waals surface area contributed by atoms with Crippen molar-refractivity contribution in [3.8, 4) is 0 Å². The Bertz CT molecular complexity index is 687. The first-order valence-corrected chi connectivity index (χ1v) is 9.46. The zero-order chi connectivity index (χ0) is 17.7. The summed E-state index contributed by atoms with van der Waals surface area (Å²) in [6.07, 6.45) is 2.22. The van der Waals surface area contributed by atoms with Crippen LogP contribution in [0.4, 0.5) is 0 Å². The number of nitrogens with one attached hydrogen (secondary N) is 2. The van der Waals surface area contributed by atoms with Crippen molar-refractivity contribution >= 4 is 15.9 Å². The molecule has 7 nitrogen and oxygen atoms in total. The highest BCUT2D eigenvalue weighted by molar-refractivity contribution is 7.89. The van der Waals surface area contributed by atoms with Gasteiger partial charge in [-0.1, -0.05) is 6.07 Å². The summed E-state index contributed by atoms with van der Waals surface area (Å²) in [4.78, 5) is 12.4. The van der Waals surface area contributed by atoms with Crippen LogP contribution in [0.25, 0.3) is 0 Å². The van der Waals surface area contributed by atoms with Gasteiger partial charge in [0.25, 0.3) is 5.91 Å². The number of sulfonamides is 1. The van der Waals surface area contributed by atoms with Crippen LogP contribution in [-0.4, -0.2) is 47.2 Å². The van der Waals surface area contributed by atoms with E-state index in [9.17, 15) is 13.2 Å². The fourth-order valence-electron chi connectivity index (χ4n) is 2.37. The Morgan fingerprint density at radius 2 is 2.12 bits per heavy atom. The van der Waals surface area contributed by atoms with Crippen molar-refractivity contribution < 1.29 is 17.9 Å². The van der Waals surface area contributed by atoms with Crippen LogP contribution in [0.2, 0.25) is 0 Å². The van der Waals surface area contributed by atoms with Crippen LogP contribution in [0, 0.1) is 12.8 Å². The first kappa shape index (κ1) is 18.9. The predicted octanol–water partition coefficient (Wildman–Crippen LogP) is 0.387. The van der Waals surface area contributed by atoms with Crippen LogP contribution in [0.3, 0.4) is 0 Å². The maximum absolute atomic E-state index is 12.4. The Morgan fingerprint density at radius 3 is 2.75 bits per heavy atom. The molecule has 8 heteroatoms. The average Bonchev–Trinajstić information content (AvgIpc) is 3.37. The van der Waals surface area contributed by atoms with Gasteiger partial charge in [0, 0.05) is 31.8 Å². The Kier molecular flexibility index (Phi) is 6.34. The molecule has 0 spiro atoms. The van der Waals surface area contributed by atoms with Crippen molar-refractivity contribution in [1.82, 2.24) is 10.0 Å². The number of ether oxygens (including phenoxy) is 1. The SMILES string of the molecule is COCCNS(=O)(=O)c1ccc(C)c(C(=O)NCC(N)C2CC2)c1. The van der Waals surface area contributed by atoms with Crippen LogP contribution in [0.1, 0.15) is 28.8 Å². The van der Waals surface area contributed by atoms with E-state index < -0.39 is 10.0 Å². The summed E-state index contributed by atoms with van der Waals surface area (Å²) in [5.74, 6) is 0.181. The molecule has 4 N–H and O–H groups in total. The van der Waals surface area contributed by atoms with Crippen molar-refractivity contribution in [3.63, 3.8) is 0 Å². The summed E-state index contributed by atoms with van der Waals surface area (Å²) in [5, 5.41) is 2.79. The zero-order valence-corrected chi connectivity index (χ0v) is 14.9. The zero-order valence-electron chi connectivity index (χ0n) is 14.0. The molecule has 2 rings (SSSR count). The molecule has 0 aromatic heterocycles. The molecule has 1 fully saturated rings. The molecule has 1 amide bonds. The van der Waals surface area contributed by atoms with Crippen LogP contribution in [-0.2, 0) is 14.8 Å². The highest BCUT2D eigenvalue weighted by Gasteiger charge is 2.28. The lowest BCUT2D eigenvalue weighted by atomic mass is 10.1. The number of methoxy groups -OCH3 is 1. The number of aryl methyl sites for hydroxylation is 1. The number of amides is 1. The van der Waals surface area contributed by atoms with Crippen LogP contribution < -0.4 is 15.8 Å².